The summed E-state index contributed by atoms with van der Waals surface area (Å²) in [5.74, 6) is 0.147. The van der Waals surface area contributed by atoms with Crippen molar-refractivity contribution >= 4 is 39.4 Å². The van der Waals surface area contributed by atoms with Gasteiger partial charge in [0.25, 0.3) is 5.56 Å². The molecule has 0 radical (unpaired) electrons. The van der Waals surface area contributed by atoms with E-state index in [1.54, 1.807) is 10.6 Å². The summed E-state index contributed by atoms with van der Waals surface area (Å²) < 4.78 is 3.83. The standard InChI is InChI=1S/C33H27N3O2S/c1-3-35-28-16-10-8-14-26(28)30(31(35)23-11-5-4-6-12-23)29(37)21-39-33-34-27-15-9-7-13-25(27)32(38)36(33)24-19-17-22(2)18-20-24/h4-20H,3,21H2,1-2H3. The van der Waals surface area contributed by atoms with Crippen molar-refractivity contribution in [2.75, 3.05) is 5.75 Å². The number of thioether (sulfide) groups is 1. The molecule has 6 rings (SSSR count). The molecule has 5 nitrogen and oxygen atoms in total. The van der Waals surface area contributed by atoms with Crippen molar-refractivity contribution in [3.8, 4) is 16.9 Å². The molecule has 0 unspecified atom stereocenters. The van der Waals surface area contributed by atoms with Gasteiger partial charge >= 0.3 is 0 Å². The van der Waals surface area contributed by atoms with E-state index in [1.807, 2.05) is 97.9 Å². The van der Waals surface area contributed by atoms with Gasteiger partial charge in [-0.2, -0.15) is 0 Å². The smallest absolute Gasteiger partial charge is 0.266 e. The molecule has 192 valence electrons. The Hall–Kier alpha value is -4.42. The summed E-state index contributed by atoms with van der Waals surface area (Å²) in [5, 5.41) is 1.98. The van der Waals surface area contributed by atoms with Crippen LogP contribution < -0.4 is 5.56 Å². The molecule has 6 aromatic rings. The van der Waals surface area contributed by atoms with Crippen LogP contribution in [0.1, 0.15) is 22.8 Å². The number of nitrogens with zero attached hydrogens (tertiary/aromatic N) is 3. The maximum absolute atomic E-state index is 14.0. The fourth-order valence-corrected chi connectivity index (χ4v) is 6.03. The molecular formula is C33H27N3O2S. The number of fused-ring (bicyclic) bond motifs is 2. The van der Waals surface area contributed by atoms with Crippen molar-refractivity contribution in [3.05, 3.63) is 125 Å². The highest BCUT2D eigenvalue weighted by atomic mass is 32.2. The molecule has 0 aliphatic heterocycles. The quantitative estimate of drug-likeness (QED) is 0.124. The molecule has 0 bridgehead atoms. The number of Topliss-reactive ketones (excluding diaryl/α,β-unsaturated/α-hetero) is 1. The molecule has 0 amide bonds. The van der Waals surface area contributed by atoms with E-state index in [9.17, 15) is 9.59 Å². The van der Waals surface area contributed by atoms with Crippen LogP contribution in [0.5, 0.6) is 0 Å². The molecular weight excluding hydrogens is 502 g/mol. The Morgan fingerprint density at radius 1 is 0.821 bits per heavy atom. The fourth-order valence-electron chi connectivity index (χ4n) is 5.14. The van der Waals surface area contributed by atoms with E-state index >= 15 is 0 Å². The van der Waals surface area contributed by atoms with Gasteiger partial charge in [-0.3, -0.25) is 14.2 Å². The van der Waals surface area contributed by atoms with Gasteiger partial charge in [-0.25, -0.2) is 4.98 Å². The Kier molecular flexibility index (Phi) is 6.63. The molecule has 0 atom stereocenters. The topological polar surface area (TPSA) is 56.9 Å². The van der Waals surface area contributed by atoms with Gasteiger partial charge < -0.3 is 4.57 Å². The zero-order chi connectivity index (χ0) is 26.9. The van der Waals surface area contributed by atoms with E-state index in [2.05, 4.69) is 17.6 Å². The van der Waals surface area contributed by atoms with E-state index in [0.29, 0.717) is 21.6 Å². The minimum Gasteiger partial charge on any atom is -0.340 e. The first-order valence-corrected chi connectivity index (χ1v) is 14.0. The molecule has 2 heterocycles. The van der Waals surface area contributed by atoms with Crippen molar-refractivity contribution in [1.29, 1.82) is 0 Å². The van der Waals surface area contributed by atoms with Crippen LogP contribution in [-0.2, 0) is 6.54 Å². The second-order valence-corrected chi connectivity index (χ2v) is 10.4. The lowest BCUT2D eigenvalue weighted by molar-refractivity contribution is 0.102. The maximum atomic E-state index is 14.0. The minimum atomic E-state index is -0.146. The molecule has 0 fully saturated rings. The van der Waals surface area contributed by atoms with Crippen molar-refractivity contribution in [1.82, 2.24) is 14.1 Å². The number of carbonyl (C=O) groups excluding carboxylic acids is 1. The molecule has 0 aliphatic rings. The zero-order valence-electron chi connectivity index (χ0n) is 21.8. The predicted octanol–water partition coefficient (Wildman–Crippen LogP) is 7.31. The largest absolute Gasteiger partial charge is 0.340 e. The van der Waals surface area contributed by atoms with Crippen LogP contribution in [0, 0.1) is 6.92 Å². The van der Waals surface area contributed by atoms with E-state index in [0.717, 1.165) is 40.0 Å². The number of hydrogen-bond acceptors (Lipinski definition) is 4. The predicted molar refractivity (Wildman–Crippen MR) is 160 cm³/mol. The highest BCUT2D eigenvalue weighted by molar-refractivity contribution is 7.99. The summed E-state index contributed by atoms with van der Waals surface area (Å²) in [4.78, 5) is 32.5. The lowest BCUT2D eigenvalue weighted by atomic mass is 10.0. The van der Waals surface area contributed by atoms with Gasteiger partial charge in [-0.1, -0.05) is 90.1 Å². The SMILES string of the molecule is CCn1c(-c2ccccc2)c(C(=O)CSc2nc3ccccc3c(=O)n2-c2ccc(C)cc2)c2ccccc21. The second kappa shape index (κ2) is 10.4. The Morgan fingerprint density at radius 3 is 2.23 bits per heavy atom. The number of aromatic nitrogens is 3. The summed E-state index contributed by atoms with van der Waals surface area (Å²) >= 11 is 1.30. The molecule has 0 aliphatic carbocycles. The van der Waals surface area contributed by atoms with E-state index in [4.69, 9.17) is 4.98 Å². The van der Waals surface area contributed by atoms with Gasteiger partial charge in [0.1, 0.15) is 0 Å². The van der Waals surface area contributed by atoms with Crippen molar-refractivity contribution < 1.29 is 4.79 Å². The van der Waals surface area contributed by atoms with E-state index < -0.39 is 0 Å². The number of benzene rings is 4. The molecule has 39 heavy (non-hydrogen) atoms. The number of aryl methyl sites for hydroxylation is 2. The highest BCUT2D eigenvalue weighted by Crippen LogP contribution is 2.35. The van der Waals surface area contributed by atoms with Crippen LogP contribution in [0.2, 0.25) is 0 Å². The number of ketones is 1. The van der Waals surface area contributed by atoms with Crippen molar-refractivity contribution in [2.24, 2.45) is 0 Å². The van der Waals surface area contributed by atoms with Gasteiger partial charge in [0.15, 0.2) is 10.9 Å². The molecule has 4 aromatic carbocycles. The molecule has 2 aromatic heterocycles. The van der Waals surface area contributed by atoms with Crippen LogP contribution in [0.3, 0.4) is 0 Å². The third-order valence-electron chi connectivity index (χ3n) is 6.98. The number of para-hydroxylation sites is 2. The average molecular weight is 530 g/mol. The van der Waals surface area contributed by atoms with Crippen LogP contribution >= 0.6 is 11.8 Å². The monoisotopic (exact) mass is 529 g/mol. The van der Waals surface area contributed by atoms with Crippen molar-refractivity contribution in [3.63, 3.8) is 0 Å². The van der Waals surface area contributed by atoms with Crippen LogP contribution in [0.15, 0.2) is 113 Å². The van der Waals surface area contributed by atoms with Gasteiger partial charge in [-0.15, -0.1) is 0 Å². The highest BCUT2D eigenvalue weighted by Gasteiger charge is 2.24. The fraction of sp³-hybridized carbons (Fsp3) is 0.121. The first-order chi connectivity index (χ1) is 19.1. The number of hydrogen-bond donors (Lipinski definition) is 0. The summed E-state index contributed by atoms with van der Waals surface area (Å²) in [5.41, 5.74) is 5.97. The lowest BCUT2D eigenvalue weighted by Crippen LogP contribution is -2.22. The summed E-state index contributed by atoms with van der Waals surface area (Å²) in [7, 11) is 0. The Balaban J connectivity index is 1.46. The summed E-state index contributed by atoms with van der Waals surface area (Å²) in [6.45, 7) is 4.85. The third-order valence-corrected chi connectivity index (χ3v) is 7.92. The van der Waals surface area contributed by atoms with Gasteiger partial charge in [-0.05, 0) is 49.7 Å². The average Bonchev–Trinajstić information content (AvgIpc) is 3.32. The maximum Gasteiger partial charge on any atom is 0.266 e. The normalized spacial score (nSPS) is 11.3. The Bertz CT molecular complexity index is 1890. The Morgan fingerprint density at radius 2 is 1.49 bits per heavy atom. The first kappa shape index (κ1) is 24.9. The summed E-state index contributed by atoms with van der Waals surface area (Å²) in [6.07, 6.45) is 0. The number of rotatable bonds is 7. The zero-order valence-corrected chi connectivity index (χ0v) is 22.6. The van der Waals surface area contributed by atoms with E-state index in [-0.39, 0.29) is 17.1 Å². The van der Waals surface area contributed by atoms with Gasteiger partial charge in [0, 0.05) is 17.4 Å². The molecule has 0 spiro atoms. The van der Waals surface area contributed by atoms with Crippen LogP contribution in [0.25, 0.3) is 38.8 Å². The molecule has 0 saturated carbocycles. The summed E-state index contributed by atoms with van der Waals surface area (Å²) in [6, 6.07) is 33.3. The van der Waals surface area contributed by atoms with Gasteiger partial charge in [0.2, 0.25) is 0 Å². The third kappa shape index (κ3) is 4.47. The molecule has 0 N–H and O–H groups in total. The van der Waals surface area contributed by atoms with Gasteiger partial charge in [0.05, 0.1) is 33.6 Å². The lowest BCUT2D eigenvalue weighted by Gasteiger charge is -2.14. The van der Waals surface area contributed by atoms with E-state index in [1.165, 1.54) is 11.8 Å². The minimum absolute atomic E-state index is 0.000108. The van der Waals surface area contributed by atoms with Crippen LogP contribution in [0.4, 0.5) is 0 Å². The molecule has 6 heteroatoms. The van der Waals surface area contributed by atoms with Crippen LogP contribution in [-0.4, -0.2) is 25.7 Å². The Labute approximate surface area is 230 Å². The second-order valence-electron chi connectivity index (χ2n) is 9.45. The molecule has 0 saturated heterocycles. The number of carbonyl (C=O) groups is 1. The first-order valence-electron chi connectivity index (χ1n) is 13.0. The van der Waals surface area contributed by atoms with Crippen molar-refractivity contribution in [2.45, 2.75) is 25.5 Å².